The van der Waals surface area contributed by atoms with Crippen molar-refractivity contribution < 1.29 is 13.2 Å². The molecule has 1 saturated heterocycles. The quantitative estimate of drug-likeness (QED) is 0.245. The number of amides is 1. The fraction of sp³-hybridized carbons (Fsp3) is 0.529. The van der Waals surface area contributed by atoms with Gasteiger partial charge in [-0.2, -0.15) is 0 Å². The van der Waals surface area contributed by atoms with Gasteiger partial charge in [0.2, 0.25) is 15.9 Å². The molecule has 1 aromatic rings. The van der Waals surface area contributed by atoms with Crippen LogP contribution < -0.4 is 10.0 Å². The largest absolute Gasteiger partial charge is 0.357 e. The van der Waals surface area contributed by atoms with Crippen molar-refractivity contribution in [2.24, 2.45) is 4.99 Å². The molecule has 0 unspecified atom stereocenters. The molecule has 1 heterocycles. The lowest BCUT2D eigenvalue weighted by atomic mass is 10.3. The standard InChI is InChI=1S/C17H26ClN5O3S.HI/c1-3-19-17(23-11-9-22(10-12-23)14(2)24)20-7-8-21-27(25,26)16-6-4-5-15(18)13-16;/h4-6,13,21H,3,7-12H2,1-2H3,(H,19,20);1H. The van der Waals surface area contributed by atoms with Crippen LogP contribution in [0.15, 0.2) is 34.2 Å². The Balaban J connectivity index is 0.00000392. The van der Waals surface area contributed by atoms with Gasteiger partial charge in [0.05, 0.1) is 11.4 Å². The Morgan fingerprint density at radius 3 is 2.43 bits per heavy atom. The highest BCUT2D eigenvalue weighted by Crippen LogP contribution is 2.14. The van der Waals surface area contributed by atoms with Crippen LogP contribution >= 0.6 is 35.6 Å². The SMILES string of the molecule is CCNC(=NCCNS(=O)(=O)c1cccc(Cl)c1)N1CCN(C(C)=O)CC1.I. The normalized spacial score (nSPS) is 15.2. The van der Waals surface area contributed by atoms with E-state index < -0.39 is 10.0 Å². The first-order valence-corrected chi connectivity index (χ1v) is 10.7. The minimum absolute atomic E-state index is 0. The average molecular weight is 544 g/mol. The van der Waals surface area contributed by atoms with Gasteiger partial charge in [-0.1, -0.05) is 17.7 Å². The first-order valence-electron chi connectivity index (χ1n) is 8.87. The number of hydrogen-bond acceptors (Lipinski definition) is 4. The van der Waals surface area contributed by atoms with Crippen molar-refractivity contribution in [3.05, 3.63) is 29.3 Å². The zero-order chi connectivity index (χ0) is 19.9. The molecule has 158 valence electrons. The van der Waals surface area contributed by atoms with Gasteiger partial charge in [0.1, 0.15) is 0 Å². The number of rotatable bonds is 6. The zero-order valence-electron chi connectivity index (χ0n) is 16.0. The fourth-order valence-electron chi connectivity index (χ4n) is 2.72. The summed E-state index contributed by atoms with van der Waals surface area (Å²) in [4.78, 5) is 19.9. The van der Waals surface area contributed by atoms with Crippen molar-refractivity contribution in [3.8, 4) is 0 Å². The lowest BCUT2D eigenvalue weighted by Crippen LogP contribution is -2.53. The van der Waals surface area contributed by atoms with Crippen LogP contribution in [-0.2, 0) is 14.8 Å². The number of nitrogens with one attached hydrogen (secondary N) is 2. The predicted molar refractivity (Wildman–Crippen MR) is 122 cm³/mol. The second-order valence-corrected chi connectivity index (χ2v) is 8.29. The van der Waals surface area contributed by atoms with Gasteiger partial charge in [0, 0.05) is 51.2 Å². The average Bonchev–Trinajstić information content (AvgIpc) is 2.64. The molecule has 1 aliphatic heterocycles. The van der Waals surface area contributed by atoms with Crippen LogP contribution in [0.25, 0.3) is 0 Å². The number of guanidine groups is 1. The molecular formula is C17H27ClIN5O3S. The number of benzene rings is 1. The van der Waals surface area contributed by atoms with Crippen LogP contribution in [0.5, 0.6) is 0 Å². The minimum Gasteiger partial charge on any atom is -0.357 e. The third-order valence-electron chi connectivity index (χ3n) is 4.13. The zero-order valence-corrected chi connectivity index (χ0v) is 19.9. The van der Waals surface area contributed by atoms with Crippen molar-refractivity contribution in [1.29, 1.82) is 0 Å². The number of hydrogen-bond donors (Lipinski definition) is 2. The number of nitrogens with zero attached hydrogens (tertiary/aromatic N) is 3. The maximum atomic E-state index is 12.3. The smallest absolute Gasteiger partial charge is 0.240 e. The van der Waals surface area contributed by atoms with Gasteiger partial charge in [-0.05, 0) is 25.1 Å². The van der Waals surface area contributed by atoms with Crippen molar-refractivity contribution >= 4 is 57.5 Å². The van der Waals surface area contributed by atoms with Gasteiger partial charge in [-0.15, -0.1) is 24.0 Å². The summed E-state index contributed by atoms with van der Waals surface area (Å²) >= 11 is 5.85. The first-order chi connectivity index (χ1) is 12.8. The summed E-state index contributed by atoms with van der Waals surface area (Å²) in [6.07, 6.45) is 0. The summed E-state index contributed by atoms with van der Waals surface area (Å²) in [5, 5.41) is 3.58. The summed E-state index contributed by atoms with van der Waals surface area (Å²) < 4.78 is 27.1. The molecule has 1 aromatic carbocycles. The van der Waals surface area contributed by atoms with Crippen LogP contribution in [0.1, 0.15) is 13.8 Å². The molecule has 0 atom stereocenters. The molecule has 0 saturated carbocycles. The van der Waals surface area contributed by atoms with E-state index in [1.54, 1.807) is 24.0 Å². The Hall–Kier alpha value is -1.11. The number of carbonyl (C=O) groups excluding carboxylic acids is 1. The van der Waals surface area contributed by atoms with Gasteiger partial charge >= 0.3 is 0 Å². The van der Waals surface area contributed by atoms with Crippen LogP contribution in [-0.4, -0.2) is 75.9 Å². The Morgan fingerprint density at radius 2 is 1.86 bits per heavy atom. The molecule has 0 radical (unpaired) electrons. The van der Waals surface area contributed by atoms with Gasteiger partial charge in [0.25, 0.3) is 0 Å². The Bertz CT molecular complexity index is 783. The van der Waals surface area contributed by atoms with E-state index in [2.05, 4.69) is 19.9 Å². The van der Waals surface area contributed by atoms with E-state index in [0.717, 1.165) is 5.96 Å². The summed E-state index contributed by atoms with van der Waals surface area (Å²) in [6, 6.07) is 6.13. The molecule has 2 rings (SSSR count). The van der Waals surface area contributed by atoms with Crippen molar-refractivity contribution in [2.75, 3.05) is 45.8 Å². The molecule has 0 spiro atoms. The third-order valence-corrected chi connectivity index (χ3v) is 5.83. The fourth-order valence-corrected chi connectivity index (χ4v) is 4.04. The third kappa shape index (κ3) is 7.37. The highest BCUT2D eigenvalue weighted by Gasteiger charge is 2.21. The highest BCUT2D eigenvalue weighted by atomic mass is 127. The number of aliphatic imine (C=N–C) groups is 1. The van der Waals surface area contributed by atoms with Crippen LogP contribution in [0, 0.1) is 0 Å². The summed E-state index contributed by atoms with van der Waals surface area (Å²) in [5.74, 6) is 0.801. The second kappa shape index (κ2) is 11.8. The molecule has 1 aliphatic rings. The van der Waals surface area contributed by atoms with E-state index in [1.165, 1.54) is 12.1 Å². The monoisotopic (exact) mass is 543 g/mol. The summed E-state index contributed by atoms with van der Waals surface area (Å²) in [6.45, 7) is 7.43. The maximum absolute atomic E-state index is 12.3. The van der Waals surface area contributed by atoms with Crippen molar-refractivity contribution in [1.82, 2.24) is 19.8 Å². The molecule has 8 nitrogen and oxygen atoms in total. The van der Waals surface area contributed by atoms with Crippen LogP contribution in [0.3, 0.4) is 0 Å². The second-order valence-electron chi connectivity index (χ2n) is 6.08. The molecule has 0 bridgehead atoms. The molecule has 0 aliphatic carbocycles. The first kappa shape index (κ1) is 24.9. The maximum Gasteiger partial charge on any atom is 0.240 e. The molecule has 28 heavy (non-hydrogen) atoms. The van der Waals surface area contributed by atoms with Gasteiger partial charge < -0.3 is 15.1 Å². The van der Waals surface area contributed by atoms with E-state index in [4.69, 9.17) is 11.6 Å². The Kier molecular flexibility index (Phi) is 10.5. The number of halogens is 2. The molecular weight excluding hydrogens is 517 g/mol. The van der Waals surface area contributed by atoms with Crippen LogP contribution in [0.4, 0.5) is 0 Å². The van der Waals surface area contributed by atoms with E-state index in [1.807, 2.05) is 6.92 Å². The minimum atomic E-state index is -3.62. The van der Waals surface area contributed by atoms with E-state index >= 15 is 0 Å². The van der Waals surface area contributed by atoms with E-state index in [0.29, 0.717) is 44.3 Å². The number of piperazine rings is 1. The Labute approximate surface area is 188 Å². The van der Waals surface area contributed by atoms with E-state index in [9.17, 15) is 13.2 Å². The van der Waals surface area contributed by atoms with Crippen molar-refractivity contribution in [2.45, 2.75) is 18.7 Å². The molecule has 11 heteroatoms. The summed E-state index contributed by atoms with van der Waals surface area (Å²) in [5.41, 5.74) is 0. The molecule has 2 N–H and O–H groups in total. The molecule has 1 fully saturated rings. The van der Waals surface area contributed by atoms with Crippen molar-refractivity contribution in [3.63, 3.8) is 0 Å². The molecule has 1 amide bonds. The van der Waals surface area contributed by atoms with Gasteiger partial charge in [0.15, 0.2) is 5.96 Å². The lowest BCUT2D eigenvalue weighted by molar-refractivity contribution is -0.130. The highest BCUT2D eigenvalue weighted by molar-refractivity contribution is 14.0. The lowest BCUT2D eigenvalue weighted by Gasteiger charge is -2.36. The van der Waals surface area contributed by atoms with E-state index in [-0.39, 0.29) is 41.3 Å². The topological polar surface area (TPSA) is 94.1 Å². The summed E-state index contributed by atoms with van der Waals surface area (Å²) in [7, 11) is -3.62. The van der Waals surface area contributed by atoms with Gasteiger partial charge in [-0.3, -0.25) is 9.79 Å². The van der Waals surface area contributed by atoms with Crippen LogP contribution in [0.2, 0.25) is 5.02 Å². The van der Waals surface area contributed by atoms with Gasteiger partial charge in [-0.25, -0.2) is 13.1 Å². The Morgan fingerprint density at radius 1 is 1.21 bits per heavy atom. The molecule has 0 aromatic heterocycles. The predicted octanol–water partition coefficient (Wildman–Crippen LogP) is 1.37. The number of sulfonamides is 1. The number of carbonyl (C=O) groups is 1.